The summed E-state index contributed by atoms with van der Waals surface area (Å²) in [5, 5.41) is 0. The van der Waals surface area contributed by atoms with Crippen LogP contribution in [-0.2, 0) is 9.53 Å². The molecule has 4 nitrogen and oxygen atoms in total. The minimum atomic E-state index is -0.443. The first-order valence-corrected chi connectivity index (χ1v) is 7.87. The Morgan fingerprint density at radius 2 is 1.92 bits per heavy atom. The predicted molar refractivity (Wildman–Crippen MR) is 94.0 cm³/mol. The number of esters is 1. The van der Waals surface area contributed by atoms with Crippen molar-refractivity contribution in [2.45, 2.75) is 26.9 Å². The van der Waals surface area contributed by atoms with Crippen LogP contribution < -0.4 is 4.74 Å². The van der Waals surface area contributed by atoms with Crippen LogP contribution in [0.1, 0.15) is 30.5 Å². The molecule has 2 aromatic carbocycles. The molecule has 0 radical (unpaired) electrons. The SMILES string of the molecule is Cc1cccc(C2=N/C(=C/c3cccc(OC(C)C)c3)C(=O)O2)c1. The average molecular weight is 321 g/mol. The summed E-state index contributed by atoms with van der Waals surface area (Å²) >= 11 is 0. The summed E-state index contributed by atoms with van der Waals surface area (Å²) in [6.07, 6.45) is 1.80. The van der Waals surface area contributed by atoms with Gasteiger partial charge in [-0.25, -0.2) is 9.79 Å². The molecule has 24 heavy (non-hydrogen) atoms. The van der Waals surface area contributed by atoms with Crippen molar-refractivity contribution in [2.75, 3.05) is 0 Å². The third-order valence-electron chi connectivity index (χ3n) is 3.42. The van der Waals surface area contributed by atoms with Gasteiger partial charge in [0.05, 0.1) is 6.10 Å². The van der Waals surface area contributed by atoms with Crippen molar-refractivity contribution >= 4 is 17.9 Å². The number of benzene rings is 2. The lowest BCUT2D eigenvalue weighted by Gasteiger charge is -2.09. The molecule has 1 heterocycles. The molecule has 0 bridgehead atoms. The number of carbonyl (C=O) groups excluding carboxylic acids is 1. The van der Waals surface area contributed by atoms with E-state index in [4.69, 9.17) is 9.47 Å². The molecule has 0 amide bonds. The molecule has 0 aliphatic carbocycles. The van der Waals surface area contributed by atoms with Gasteiger partial charge in [-0.15, -0.1) is 0 Å². The lowest BCUT2D eigenvalue weighted by atomic mass is 10.1. The fraction of sp³-hybridized carbons (Fsp3) is 0.200. The Bertz CT molecular complexity index is 834. The van der Waals surface area contributed by atoms with Gasteiger partial charge in [0.1, 0.15) is 5.75 Å². The van der Waals surface area contributed by atoms with Crippen LogP contribution in [0.15, 0.2) is 59.2 Å². The van der Waals surface area contributed by atoms with E-state index >= 15 is 0 Å². The number of hydrogen-bond acceptors (Lipinski definition) is 4. The molecule has 0 unspecified atom stereocenters. The van der Waals surface area contributed by atoms with Crippen LogP contribution >= 0.6 is 0 Å². The highest BCUT2D eigenvalue weighted by atomic mass is 16.6. The third kappa shape index (κ3) is 3.71. The smallest absolute Gasteiger partial charge is 0.363 e. The summed E-state index contributed by atoms with van der Waals surface area (Å²) in [5.41, 5.74) is 3.01. The second-order valence-corrected chi connectivity index (χ2v) is 5.94. The molecule has 1 aliphatic rings. The molecule has 0 fully saturated rings. The normalized spacial score (nSPS) is 15.6. The minimum absolute atomic E-state index is 0.0929. The number of aliphatic imine (C=N–C) groups is 1. The van der Waals surface area contributed by atoms with E-state index in [1.165, 1.54) is 0 Å². The lowest BCUT2D eigenvalue weighted by molar-refractivity contribution is -0.129. The fourth-order valence-corrected chi connectivity index (χ4v) is 2.42. The molecule has 0 spiro atoms. The second kappa shape index (κ2) is 6.71. The standard InChI is InChI=1S/C20H19NO3/c1-13(2)23-17-9-5-7-15(11-17)12-18-20(22)24-19(21-18)16-8-4-6-14(3)10-16/h4-13H,1-3H3/b18-12+. The Morgan fingerprint density at radius 1 is 1.12 bits per heavy atom. The first-order chi connectivity index (χ1) is 11.5. The van der Waals surface area contributed by atoms with Crippen molar-refractivity contribution in [3.63, 3.8) is 0 Å². The fourth-order valence-electron chi connectivity index (χ4n) is 2.42. The van der Waals surface area contributed by atoms with Gasteiger partial charge in [-0.05, 0) is 56.7 Å². The van der Waals surface area contributed by atoms with Crippen molar-refractivity contribution in [1.82, 2.24) is 0 Å². The number of aryl methyl sites for hydroxylation is 1. The van der Waals surface area contributed by atoms with Crippen LogP contribution in [0.2, 0.25) is 0 Å². The summed E-state index contributed by atoms with van der Waals surface area (Å²) < 4.78 is 11.0. The maximum atomic E-state index is 12.1. The van der Waals surface area contributed by atoms with Crippen LogP contribution in [-0.4, -0.2) is 18.0 Å². The minimum Gasteiger partial charge on any atom is -0.491 e. The molecule has 4 heteroatoms. The third-order valence-corrected chi connectivity index (χ3v) is 3.42. The van der Waals surface area contributed by atoms with Crippen LogP contribution in [0.25, 0.3) is 6.08 Å². The van der Waals surface area contributed by atoms with Crippen molar-refractivity contribution < 1.29 is 14.3 Å². The molecule has 0 N–H and O–H groups in total. The van der Waals surface area contributed by atoms with E-state index < -0.39 is 5.97 Å². The van der Waals surface area contributed by atoms with Gasteiger partial charge in [-0.2, -0.15) is 0 Å². The van der Waals surface area contributed by atoms with Crippen LogP contribution in [0, 0.1) is 6.92 Å². The summed E-state index contributed by atoms with van der Waals surface area (Å²) in [6, 6.07) is 15.2. The van der Waals surface area contributed by atoms with E-state index in [0.717, 1.165) is 22.4 Å². The maximum Gasteiger partial charge on any atom is 0.363 e. The number of ether oxygens (including phenoxy) is 2. The van der Waals surface area contributed by atoms with E-state index in [-0.39, 0.29) is 11.8 Å². The summed E-state index contributed by atoms with van der Waals surface area (Å²) in [7, 11) is 0. The van der Waals surface area contributed by atoms with Gasteiger partial charge in [0.15, 0.2) is 5.70 Å². The van der Waals surface area contributed by atoms with Crippen molar-refractivity contribution in [3.05, 3.63) is 70.9 Å². The van der Waals surface area contributed by atoms with Gasteiger partial charge >= 0.3 is 5.97 Å². The highest BCUT2D eigenvalue weighted by molar-refractivity contribution is 6.12. The van der Waals surface area contributed by atoms with Gasteiger partial charge < -0.3 is 9.47 Å². The Kier molecular flexibility index (Phi) is 4.47. The number of cyclic esters (lactones) is 1. The molecule has 0 saturated carbocycles. The van der Waals surface area contributed by atoms with Gasteiger partial charge in [0.2, 0.25) is 5.90 Å². The van der Waals surface area contributed by atoms with E-state index in [0.29, 0.717) is 5.90 Å². The van der Waals surface area contributed by atoms with E-state index in [9.17, 15) is 4.79 Å². The summed E-state index contributed by atoms with van der Waals surface area (Å²) in [5.74, 6) is 0.653. The molecular formula is C20H19NO3. The first-order valence-electron chi connectivity index (χ1n) is 7.87. The van der Waals surface area contributed by atoms with Crippen LogP contribution in [0.4, 0.5) is 0 Å². The molecule has 0 aromatic heterocycles. The number of nitrogens with zero attached hydrogens (tertiary/aromatic N) is 1. The quantitative estimate of drug-likeness (QED) is 0.628. The lowest BCUT2D eigenvalue weighted by Crippen LogP contribution is -2.05. The van der Waals surface area contributed by atoms with Crippen LogP contribution in [0.5, 0.6) is 5.75 Å². The van der Waals surface area contributed by atoms with E-state index in [2.05, 4.69) is 4.99 Å². The molecule has 1 aliphatic heterocycles. The second-order valence-electron chi connectivity index (χ2n) is 5.94. The average Bonchev–Trinajstić information content (AvgIpc) is 2.88. The molecule has 0 saturated heterocycles. The van der Waals surface area contributed by atoms with Crippen molar-refractivity contribution in [3.8, 4) is 5.75 Å². The maximum absolute atomic E-state index is 12.1. The summed E-state index contributed by atoms with van der Waals surface area (Å²) in [4.78, 5) is 16.4. The van der Waals surface area contributed by atoms with Gasteiger partial charge in [0, 0.05) is 5.56 Å². The van der Waals surface area contributed by atoms with Gasteiger partial charge in [0.25, 0.3) is 0 Å². The highest BCUT2D eigenvalue weighted by Crippen LogP contribution is 2.22. The Labute approximate surface area is 141 Å². The van der Waals surface area contributed by atoms with E-state index in [1.807, 2.05) is 69.3 Å². The monoisotopic (exact) mass is 321 g/mol. The number of carbonyl (C=O) groups is 1. The number of rotatable bonds is 4. The molecule has 3 rings (SSSR count). The number of hydrogen-bond donors (Lipinski definition) is 0. The zero-order valence-electron chi connectivity index (χ0n) is 13.9. The topological polar surface area (TPSA) is 47.9 Å². The van der Waals surface area contributed by atoms with Crippen molar-refractivity contribution in [1.29, 1.82) is 0 Å². The van der Waals surface area contributed by atoms with Crippen molar-refractivity contribution in [2.24, 2.45) is 4.99 Å². The molecule has 2 aromatic rings. The zero-order chi connectivity index (χ0) is 17.1. The Morgan fingerprint density at radius 3 is 2.67 bits per heavy atom. The Balaban J connectivity index is 1.89. The zero-order valence-corrected chi connectivity index (χ0v) is 13.9. The largest absolute Gasteiger partial charge is 0.491 e. The van der Waals surface area contributed by atoms with Crippen LogP contribution in [0.3, 0.4) is 0 Å². The summed E-state index contributed by atoms with van der Waals surface area (Å²) in [6.45, 7) is 5.92. The first kappa shape index (κ1) is 16.0. The molecule has 0 atom stereocenters. The predicted octanol–water partition coefficient (Wildman–Crippen LogP) is 4.13. The van der Waals surface area contributed by atoms with Gasteiger partial charge in [-0.1, -0.05) is 29.8 Å². The molecule has 122 valence electrons. The van der Waals surface area contributed by atoms with E-state index in [1.54, 1.807) is 6.08 Å². The molecular weight excluding hydrogens is 302 g/mol. The highest BCUT2D eigenvalue weighted by Gasteiger charge is 2.24. The van der Waals surface area contributed by atoms with Gasteiger partial charge in [-0.3, -0.25) is 0 Å². The Hall–Kier alpha value is -2.88.